The monoisotopic (exact) mass is 400 g/mol. The summed E-state index contributed by atoms with van der Waals surface area (Å²) in [6.07, 6.45) is 6.90. The Bertz CT molecular complexity index is 526. The Labute approximate surface area is 166 Å². The van der Waals surface area contributed by atoms with E-state index in [1.807, 2.05) is 0 Å². The molecule has 0 aliphatic heterocycles. The normalized spacial score (nSPS) is 12.9. The summed E-state index contributed by atoms with van der Waals surface area (Å²) < 4.78 is 18.7. The first-order valence-electron chi connectivity index (χ1n) is 9.31. The molecule has 0 aromatic rings. The van der Waals surface area contributed by atoms with Crippen molar-refractivity contribution in [3.8, 4) is 0 Å². The Hall–Kier alpha value is -2.38. The highest BCUT2D eigenvalue weighted by Gasteiger charge is 2.22. The lowest BCUT2D eigenvalue weighted by Crippen LogP contribution is -2.17. The number of esters is 4. The summed E-state index contributed by atoms with van der Waals surface area (Å²) in [6.45, 7) is 0. The molecule has 0 N–H and O–H groups in total. The fraction of sp³-hybridized carbons (Fsp3) is 0.700. The Morgan fingerprint density at radius 1 is 0.750 bits per heavy atom. The van der Waals surface area contributed by atoms with Crippen molar-refractivity contribution >= 4 is 23.9 Å². The smallest absolute Gasteiger partial charge is 0.330 e. The van der Waals surface area contributed by atoms with Gasteiger partial charge < -0.3 is 18.9 Å². The van der Waals surface area contributed by atoms with E-state index >= 15 is 0 Å². The van der Waals surface area contributed by atoms with Crippen LogP contribution in [0.4, 0.5) is 0 Å². The van der Waals surface area contributed by atoms with E-state index in [-0.39, 0.29) is 42.6 Å². The van der Waals surface area contributed by atoms with Crippen molar-refractivity contribution in [2.24, 2.45) is 11.8 Å². The number of ether oxygens (including phenoxy) is 4. The van der Waals surface area contributed by atoms with Crippen LogP contribution in [0.3, 0.4) is 0 Å². The predicted molar refractivity (Wildman–Crippen MR) is 101 cm³/mol. The van der Waals surface area contributed by atoms with Crippen molar-refractivity contribution < 1.29 is 38.1 Å². The molecule has 160 valence electrons. The third-order valence-electron chi connectivity index (χ3n) is 4.43. The van der Waals surface area contributed by atoms with E-state index in [0.717, 1.165) is 6.42 Å². The molecule has 0 heterocycles. The Kier molecular flexibility index (Phi) is 14.3. The number of rotatable bonds is 14. The Morgan fingerprint density at radius 3 is 1.86 bits per heavy atom. The molecular formula is C20H32O8. The minimum absolute atomic E-state index is 0.00807. The van der Waals surface area contributed by atoms with Gasteiger partial charge in [-0.15, -0.1) is 0 Å². The highest BCUT2D eigenvalue weighted by molar-refractivity contribution is 5.81. The van der Waals surface area contributed by atoms with Crippen LogP contribution >= 0.6 is 0 Å². The van der Waals surface area contributed by atoms with Gasteiger partial charge in [0.15, 0.2) is 0 Å². The zero-order valence-electron chi connectivity index (χ0n) is 17.2. The SMILES string of the molecule is COC(=O)/C=C/CC(CC(=O)OC)CC(CCCCC(=O)OC)CC(=O)OC. The van der Waals surface area contributed by atoms with E-state index in [9.17, 15) is 19.2 Å². The summed E-state index contributed by atoms with van der Waals surface area (Å²) in [5.41, 5.74) is 0. The quantitative estimate of drug-likeness (QED) is 0.190. The minimum atomic E-state index is -0.467. The van der Waals surface area contributed by atoms with Crippen LogP contribution in [-0.4, -0.2) is 52.3 Å². The van der Waals surface area contributed by atoms with Crippen LogP contribution in [0, 0.1) is 11.8 Å². The summed E-state index contributed by atoms with van der Waals surface area (Å²) in [7, 11) is 5.30. The Balaban J connectivity index is 4.91. The summed E-state index contributed by atoms with van der Waals surface area (Å²) >= 11 is 0. The van der Waals surface area contributed by atoms with E-state index in [2.05, 4.69) is 9.47 Å². The second kappa shape index (κ2) is 15.7. The lowest BCUT2D eigenvalue weighted by molar-refractivity contribution is -0.143. The first-order valence-corrected chi connectivity index (χ1v) is 9.31. The molecule has 0 aromatic heterocycles. The molecule has 2 atom stereocenters. The summed E-state index contributed by atoms with van der Waals surface area (Å²) in [5.74, 6) is -1.50. The van der Waals surface area contributed by atoms with Crippen LogP contribution in [0.15, 0.2) is 12.2 Å². The standard InChI is InChI=1S/C20H32O8/c1-25-17(21)10-6-5-8-15(13-19(23)27-3)12-16(14-20(24)28-4)9-7-11-18(22)26-2/h7,11,15-16H,5-6,8-10,12-14H2,1-4H3/b11-7+. The highest BCUT2D eigenvalue weighted by Crippen LogP contribution is 2.27. The number of hydrogen-bond acceptors (Lipinski definition) is 8. The molecule has 0 amide bonds. The molecule has 0 saturated heterocycles. The van der Waals surface area contributed by atoms with Crippen LogP contribution in [-0.2, 0) is 38.1 Å². The molecule has 28 heavy (non-hydrogen) atoms. The van der Waals surface area contributed by atoms with Gasteiger partial charge in [-0.25, -0.2) is 4.79 Å². The average Bonchev–Trinajstić information content (AvgIpc) is 2.69. The lowest BCUT2D eigenvalue weighted by atomic mass is 9.84. The van der Waals surface area contributed by atoms with Gasteiger partial charge in [0.25, 0.3) is 0 Å². The summed E-state index contributed by atoms with van der Waals surface area (Å²) in [6, 6.07) is 0. The largest absolute Gasteiger partial charge is 0.469 e. The van der Waals surface area contributed by atoms with Crippen molar-refractivity contribution in [3.63, 3.8) is 0 Å². The summed E-state index contributed by atoms with van der Waals surface area (Å²) in [5, 5.41) is 0. The fourth-order valence-corrected chi connectivity index (χ4v) is 2.90. The van der Waals surface area contributed by atoms with Crippen molar-refractivity contribution in [1.29, 1.82) is 0 Å². The number of methoxy groups -OCH3 is 4. The molecule has 0 spiro atoms. The van der Waals surface area contributed by atoms with Crippen LogP contribution in [0.25, 0.3) is 0 Å². The predicted octanol–water partition coefficient (Wildman–Crippen LogP) is 2.59. The third-order valence-corrected chi connectivity index (χ3v) is 4.43. The van der Waals surface area contributed by atoms with Gasteiger partial charge in [-0.05, 0) is 37.5 Å². The van der Waals surface area contributed by atoms with Gasteiger partial charge >= 0.3 is 23.9 Å². The second-order valence-electron chi connectivity index (χ2n) is 6.51. The fourth-order valence-electron chi connectivity index (χ4n) is 2.90. The van der Waals surface area contributed by atoms with E-state index in [1.165, 1.54) is 34.5 Å². The molecule has 8 nitrogen and oxygen atoms in total. The second-order valence-corrected chi connectivity index (χ2v) is 6.51. The van der Waals surface area contributed by atoms with Gasteiger partial charge in [0.05, 0.1) is 28.4 Å². The van der Waals surface area contributed by atoms with E-state index in [1.54, 1.807) is 6.08 Å². The minimum Gasteiger partial charge on any atom is -0.469 e. The number of unbranched alkanes of at least 4 members (excludes halogenated alkanes) is 1. The van der Waals surface area contributed by atoms with E-state index in [4.69, 9.17) is 9.47 Å². The van der Waals surface area contributed by atoms with Gasteiger partial charge in [0.1, 0.15) is 0 Å². The van der Waals surface area contributed by atoms with Crippen molar-refractivity contribution in [2.75, 3.05) is 28.4 Å². The zero-order chi connectivity index (χ0) is 21.4. The molecule has 0 fully saturated rings. The molecule has 0 saturated carbocycles. The van der Waals surface area contributed by atoms with Crippen LogP contribution < -0.4 is 0 Å². The molecule has 0 bridgehead atoms. The summed E-state index contributed by atoms with van der Waals surface area (Å²) in [4.78, 5) is 45.9. The molecule has 2 unspecified atom stereocenters. The van der Waals surface area contributed by atoms with Gasteiger partial charge in [0, 0.05) is 25.3 Å². The first kappa shape index (κ1) is 25.6. The third kappa shape index (κ3) is 12.9. The highest BCUT2D eigenvalue weighted by atomic mass is 16.5. The number of carbonyl (C=O) groups excluding carboxylic acids is 4. The maximum atomic E-state index is 11.7. The maximum Gasteiger partial charge on any atom is 0.330 e. The maximum absolute atomic E-state index is 11.7. The number of hydrogen-bond donors (Lipinski definition) is 0. The van der Waals surface area contributed by atoms with Gasteiger partial charge in [-0.2, -0.15) is 0 Å². The molecular weight excluding hydrogens is 368 g/mol. The van der Waals surface area contributed by atoms with Gasteiger partial charge in [-0.1, -0.05) is 12.5 Å². The first-order chi connectivity index (χ1) is 13.4. The molecule has 0 rings (SSSR count). The number of carbonyl (C=O) groups is 4. The molecule has 0 radical (unpaired) electrons. The van der Waals surface area contributed by atoms with E-state index in [0.29, 0.717) is 32.1 Å². The van der Waals surface area contributed by atoms with Crippen molar-refractivity contribution in [2.45, 2.75) is 51.4 Å². The molecule has 8 heteroatoms. The van der Waals surface area contributed by atoms with Crippen molar-refractivity contribution in [3.05, 3.63) is 12.2 Å². The topological polar surface area (TPSA) is 105 Å². The molecule has 0 aliphatic rings. The lowest BCUT2D eigenvalue weighted by Gasteiger charge is -2.21. The van der Waals surface area contributed by atoms with Crippen LogP contribution in [0.5, 0.6) is 0 Å². The average molecular weight is 400 g/mol. The molecule has 0 aromatic carbocycles. The molecule has 0 aliphatic carbocycles. The number of allylic oxidation sites excluding steroid dienone is 1. The van der Waals surface area contributed by atoms with Crippen molar-refractivity contribution in [1.82, 2.24) is 0 Å². The van der Waals surface area contributed by atoms with Gasteiger partial charge in [-0.3, -0.25) is 14.4 Å². The van der Waals surface area contributed by atoms with Crippen LogP contribution in [0.1, 0.15) is 51.4 Å². The van der Waals surface area contributed by atoms with Gasteiger partial charge in [0.2, 0.25) is 0 Å². The Morgan fingerprint density at radius 2 is 1.32 bits per heavy atom. The zero-order valence-corrected chi connectivity index (χ0v) is 17.2. The van der Waals surface area contributed by atoms with E-state index < -0.39 is 5.97 Å². The van der Waals surface area contributed by atoms with Crippen LogP contribution in [0.2, 0.25) is 0 Å².